The average molecular weight is 374 g/mol. The number of hydrogen-bond acceptors (Lipinski definition) is 5. The molecule has 0 aliphatic carbocycles. The number of carbonyl (C=O) groups is 1. The number of aryl methyl sites for hydroxylation is 2. The van der Waals surface area contributed by atoms with Gasteiger partial charge in [0.15, 0.2) is 0 Å². The zero-order valence-electron chi connectivity index (χ0n) is 16.2. The molecular weight excluding hydrogens is 348 g/mol. The van der Waals surface area contributed by atoms with Gasteiger partial charge in [-0.05, 0) is 18.9 Å². The molecule has 2 aromatic rings. The minimum absolute atomic E-state index is 0.0180. The molecule has 1 amide bonds. The molecule has 1 N–H and O–H groups in total. The number of aromatic nitrogens is 4. The predicted octanol–water partition coefficient (Wildman–Crippen LogP) is -0.682. The smallest absolute Gasteiger partial charge is 0.332 e. The molecular formula is C18H26N6O3. The summed E-state index contributed by atoms with van der Waals surface area (Å²) < 4.78 is 4.29. The first kappa shape index (κ1) is 18.9. The van der Waals surface area contributed by atoms with Crippen molar-refractivity contribution >= 4 is 11.7 Å². The first-order valence-electron chi connectivity index (χ1n) is 9.13. The van der Waals surface area contributed by atoms with Crippen LogP contribution in [0.3, 0.4) is 0 Å². The highest BCUT2D eigenvalue weighted by atomic mass is 16.2. The van der Waals surface area contributed by atoms with Crippen LogP contribution < -0.4 is 21.5 Å². The molecule has 1 atom stereocenters. The van der Waals surface area contributed by atoms with Crippen molar-refractivity contribution in [3.8, 4) is 0 Å². The Morgan fingerprint density at radius 1 is 1.22 bits per heavy atom. The molecule has 1 saturated heterocycles. The zero-order chi connectivity index (χ0) is 19.7. The highest BCUT2D eigenvalue weighted by molar-refractivity contribution is 5.78. The second-order valence-electron chi connectivity index (χ2n) is 7.02. The molecule has 3 rings (SSSR count). The van der Waals surface area contributed by atoms with Crippen LogP contribution >= 0.6 is 0 Å². The molecule has 9 heteroatoms. The lowest BCUT2D eigenvalue weighted by atomic mass is 10.2. The van der Waals surface area contributed by atoms with Gasteiger partial charge in [0.2, 0.25) is 5.91 Å². The number of carbonyl (C=O) groups excluding carboxylic acids is 1. The van der Waals surface area contributed by atoms with E-state index >= 15 is 0 Å². The molecule has 0 aromatic carbocycles. The molecule has 9 nitrogen and oxygen atoms in total. The van der Waals surface area contributed by atoms with Crippen molar-refractivity contribution in [2.24, 2.45) is 21.1 Å². The molecule has 3 heterocycles. The maximum atomic E-state index is 12.4. The van der Waals surface area contributed by atoms with Crippen LogP contribution in [0.25, 0.3) is 0 Å². The summed E-state index contributed by atoms with van der Waals surface area (Å²) in [6.45, 7) is 3.28. The van der Waals surface area contributed by atoms with Gasteiger partial charge in [-0.25, -0.2) is 4.79 Å². The fourth-order valence-electron chi connectivity index (χ4n) is 3.46. The maximum Gasteiger partial charge on any atom is 0.332 e. The second-order valence-corrected chi connectivity index (χ2v) is 7.02. The topological polar surface area (TPSA) is 94.2 Å². The Hall–Kier alpha value is -2.84. The molecule has 1 aliphatic heterocycles. The Bertz CT molecular complexity index is 970. The molecule has 0 bridgehead atoms. The van der Waals surface area contributed by atoms with Gasteiger partial charge in [-0.15, -0.1) is 0 Å². The third kappa shape index (κ3) is 3.81. The summed E-state index contributed by atoms with van der Waals surface area (Å²) in [6.07, 6.45) is 1.88. The van der Waals surface area contributed by atoms with Crippen LogP contribution in [0.4, 0.5) is 5.82 Å². The van der Waals surface area contributed by atoms with Crippen LogP contribution in [0.1, 0.15) is 24.7 Å². The Morgan fingerprint density at radius 2 is 1.96 bits per heavy atom. The van der Waals surface area contributed by atoms with E-state index in [9.17, 15) is 14.4 Å². The second kappa shape index (κ2) is 7.42. The van der Waals surface area contributed by atoms with Crippen molar-refractivity contribution in [2.45, 2.75) is 32.2 Å². The van der Waals surface area contributed by atoms with Gasteiger partial charge in [0.1, 0.15) is 5.82 Å². The maximum absolute atomic E-state index is 12.4. The van der Waals surface area contributed by atoms with Crippen molar-refractivity contribution in [1.82, 2.24) is 24.2 Å². The van der Waals surface area contributed by atoms with Gasteiger partial charge in [0.25, 0.3) is 5.56 Å². The first-order chi connectivity index (χ1) is 12.8. The Labute approximate surface area is 157 Å². The van der Waals surface area contributed by atoms with Gasteiger partial charge in [0.05, 0.1) is 12.1 Å². The van der Waals surface area contributed by atoms with Crippen LogP contribution in [0.2, 0.25) is 0 Å². The van der Waals surface area contributed by atoms with Crippen molar-refractivity contribution in [1.29, 1.82) is 0 Å². The van der Waals surface area contributed by atoms with Crippen LogP contribution in [-0.2, 0) is 38.8 Å². The molecule has 0 spiro atoms. The third-order valence-electron chi connectivity index (χ3n) is 5.11. The fourth-order valence-corrected chi connectivity index (χ4v) is 3.46. The monoisotopic (exact) mass is 374 g/mol. The Morgan fingerprint density at radius 3 is 2.63 bits per heavy atom. The number of rotatable bonds is 5. The molecule has 0 unspecified atom stereocenters. The van der Waals surface area contributed by atoms with Crippen LogP contribution in [0.5, 0.6) is 0 Å². The zero-order valence-corrected chi connectivity index (χ0v) is 16.2. The van der Waals surface area contributed by atoms with Crippen molar-refractivity contribution in [3.63, 3.8) is 0 Å². The summed E-state index contributed by atoms with van der Waals surface area (Å²) in [5, 5.41) is 7.41. The van der Waals surface area contributed by atoms with Gasteiger partial charge in [-0.3, -0.25) is 23.4 Å². The Kier molecular flexibility index (Phi) is 5.20. The van der Waals surface area contributed by atoms with E-state index in [1.165, 1.54) is 17.7 Å². The number of nitrogens with one attached hydrogen (secondary N) is 1. The molecule has 2 aromatic heterocycles. The summed E-state index contributed by atoms with van der Waals surface area (Å²) in [4.78, 5) is 38.4. The molecule has 1 fully saturated rings. The first-order valence-corrected chi connectivity index (χ1v) is 9.13. The fraction of sp³-hybridized carbons (Fsp3) is 0.556. The molecule has 0 radical (unpaired) electrons. The largest absolute Gasteiger partial charge is 0.356 e. The van der Waals surface area contributed by atoms with Gasteiger partial charge < -0.3 is 10.2 Å². The Balaban J connectivity index is 1.65. The quantitative estimate of drug-likeness (QED) is 0.748. The lowest BCUT2D eigenvalue weighted by Gasteiger charge is -2.21. The van der Waals surface area contributed by atoms with Crippen molar-refractivity contribution < 1.29 is 4.79 Å². The number of nitrogens with zero attached hydrogens (tertiary/aromatic N) is 5. The number of amides is 1. The van der Waals surface area contributed by atoms with Crippen LogP contribution in [-0.4, -0.2) is 44.0 Å². The van der Waals surface area contributed by atoms with E-state index in [0.29, 0.717) is 18.9 Å². The normalized spacial score (nSPS) is 16.7. The molecule has 0 saturated carbocycles. The SMILES string of the molecule is CCc1cc(CC(=O)N[C@@H]2CCN(c3cc(=O)n(C)c(=O)n3C)C2)n(C)n1. The summed E-state index contributed by atoms with van der Waals surface area (Å²) in [6, 6.07) is 3.40. The van der Waals surface area contributed by atoms with E-state index in [1.807, 2.05) is 24.9 Å². The average Bonchev–Trinajstić information content (AvgIpc) is 3.23. The van der Waals surface area contributed by atoms with Crippen molar-refractivity contribution in [3.05, 3.63) is 44.4 Å². The highest BCUT2D eigenvalue weighted by Crippen LogP contribution is 2.17. The van der Waals surface area contributed by atoms with E-state index in [1.54, 1.807) is 11.7 Å². The summed E-state index contributed by atoms with van der Waals surface area (Å²) >= 11 is 0. The number of anilines is 1. The lowest BCUT2D eigenvalue weighted by molar-refractivity contribution is -0.121. The predicted molar refractivity (Wildman–Crippen MR) is 102 cm³/mol. The van der Waals surface area contributed by atoms with Gasteiger partial charge in [-0.1, -0.05) is 6.92 Å². The van der Waals surface area contributed by atoms with E-state index in [-0.39, 0.29) is 29.6 Å². The summed E-state index contributed by atoms with van der Waals surface area (Å²) in [5.41, 5.74) is 1.17. The highest BCUT2D eigenvalue weighted by Gasteiger charge is 2.26. The van der Waals surface area contributed by atoms with Gasteiger partial charge >= 0.3 is 5.69 Å². The standard InChI is InChI=1S/C18H26N6O3/c1-5-12-8-14(23(4)20-12)9-15(25)19-13-6-7-24(11-13)16-10-17(26)22(3)18(27)21(16)2/h8,10,13H,5-7,9,11H2,1-4H3,(H,19,25)/t13-/m1/s1. The molecule has 1 aliphatic rings. The van der Waals surface area contributed by atoms with Crippen molar-refractivity contribution in [2.75, 3.05) is 18.0 Å². The minimum Gasteiger partial charge on any atom is -0.356 e. The third-order valence-corrected chi connectivity index (χ3v) is 5.11. The molecule has 27 heavy (non-hydrogen) atoms. The lowest BCUT2D eigenvalue weighted by Crippen LogP contribution is -2.41. The minimum atomic E-state index is -0.354. The number of hydrogen-bond donors (Lipinski definition) is 1. The summed E-state index contributed by atoms with van der Waals surface area (Å²) in [5.74, 6) is 0.532. The van der Waals surface area contributed by atoms with E-state index in [4.69, 9.17) is 0 Å². The van der Waals surface area contributed by atoms with Crippen LogP contribution in [0, 0.1) is 0 Å². The van der Waals surface area contributed by atoms with E-state index in [2.05, 4.69) is 10.4 Å². The van der Waals surface area contributed by atoms with Gasteiger partial charge in [-0.2, -0.15) is 5.10 Å². The van der Waals surface area contributed by atoms with E-state index in [0.717, 1.165) is 28.8 Å². The molecule has 146 valence electrons. The van der Waals surface area contributed by atoms with Crippen LogP contribution in [0.15, 0.2) is 21.7 Å². The van der Waals surface area contributed by atoms with E-state index < -0.39 is 0 Å². The van der Waals surface area contributed by atoms with Gasteiger partial charge in [0, 0.05) is 52.0 Å². The summed E-state index contributed by atoms with van der Waals surface area (Å²) in [7, 11) is 4.95.